The van der Waals surface area contributed by atoms with Crippen LogP contribution >= 0.6 is 0 Å². The van der Waals surface area contributed by atoms with Gasteiger partial charge in [-0.1, -0.05) is 114 Å². The molecule has 0 atom stereocenters. The Labute approximate surface area is 207 Å². The lowest BCUT2D eigenvalue weighted by Crippen LogP contribution is -1.98. The van der Waals surface area contributed by atoms with Crippen molar-refractivity contribution in [1.29, 1.82) is 0 Å². The minimum atomic E-state index is 0.534. The van der Waals surface area contributed by atoms with Gasteiger partial charge >= 0.3 is 0 Å². The first-order chi connectivity index (χ1) is 16.8. The molecule has 0 radical (unpaired) electrons. The Kier molecular flexibility index (Phi) is 11.6. The third kappa shape index (κ3) is 9.29. The molecule has 3 rings (SSSR count). The van der Waals surface area contributed by atoms with Gasteiger partial charge in [0.1, 0.15) is 6.61 Å². The Hall–Kier alpha value is -2.68. The minimum absolute atomic E-state index is 0.534. The Morgan fingerprint density at radius 1 is 0.559 bits per heavy atom. The fourth-order valence-electron chi connectivity index (χ4n) is 4.19. The van der Waals surface area contributed by atoms with Crippen molar-refractivity contribution in [3.05, 3.63) is 77.6 Å². The van der Waals surface area contributed by atoms with E-state index in [1.807, 2.05) is 0 Å². The molecule has 1 aromatic heterocycles. The van der Waals surface area contributed by atoms with Crippen molar-refractivity contribution in [2.45, 2.75) is 97.5 Å². The summed E-state index contributed by atoms with van der Waals surface area (Å²) < 4.78 is 5.91. The van der Waals surface area contributed by atoms with E-state index >= 15 is 0 Å². The zero-order valence-electron chi connectivity index (χ0n) is 21.3. The van der Waals surface area contributed by atoms with Gasteiger partial charge in [-0.3, -0.25) is 0 Å². The summed E-state index contributed by atoms with van der Waals surface area (Å²) in [5.74, 6) is 1.44. The van der Waals surface area contributed by atoms with Crippen LogP contribution in [-0.4, -0.2) is 9.97 Å². The number of ether oxygens (including phenoxy) is 1. The molecule has 0 aliphatic rings. The first kappa shape index (κ1) is 25.9. The van der Waals surface area contributed by atoms with Gasteiger partial charge < -0.3 is 4.74 Å². The third-order valence-electron chi connectivity index (χ3n) is 6.41. The van der Waals surface area contributed by atoms with E-state index in [0.29, 0.717) is 12.4 Å². The maximum Gasteiger partial charge on any atom is 0.159 e. The second kappa shape index (κ2) is 15.3. The summed E-state index contributed by atoms with van der Waals surface area (Å²) in [6, 6.07) is 17.5. The van der Waals surface area contributed by atoms with Crippen molar-refractivity contribution in [1.82, 2.24) is 9.97 Å². The molecule has 0 saturated heterocycles. The lowest BCUT2D eigenvalue weighted by Gasteiger charge is -2.08. The number of unbranched alkanes of at least 4 members (excludes halogenated alkanes) is 8. The van der Waals surface area contributed by atoms with E-state index in [1.165, 1.54) is 87.3 Å². The third-order valence-corrected chi connectivity index (χ3v) is 6.41. The quantitative estimate of drug-likeness (QED) is 0.201. The fourth-order valence-corrected chi connectivity index (χ4v) is 4.19. The number of hydrogen-bond acceptors (Lipinski definition) is 3. The molecule has 0 aliphatic carbocycles. The lowest BCUT2D eigenvalue weighted by molar-refractivity contribution is 0.303. The molecule has 3 heteroatoms. The van der Waals surface area contributed by atoms with Crippen LogP contribution in [0.5, 0.6) is 5.75 Å². The van der Waals surface area contributed by atoms with Crippen molar-refractivity contribution in [3.8, 4) is 17.1 Å². The smallest absolute Gasteiger partial charge is 0.159 e. The number of benzene rings is 2. The molecule has 0 bridgehead atoms. The molecule has 34 heavy (non-hydrogen) atoms. The Bertz CT molecular complexity index is 917. The molecule has 0 amide bonds. The highest BCUT2D eigenvalue weighted by Crippen LogP contribution is 2.19. The predicted octanol–water partition coefficient (Wildman–Crippen LogP) is 8.75. The van der Waals surface area contributed by atoms with Gasteiger partial charge in [0.05, 0.1) is 12.4 Å². The van der Waals surface area contributed by atoms with Crippen LogP contribution in [0.3, 0.4) is 0 Å². The zero-order valence-corrected chi connectivity index (χ0v) is 21.3. The second-order valence-electron chi connectivity index (χ2n) is 9.37. The Balaban J connectivity index is 1.41. The largest absolute Gasteiger partial charge is 0.486 e. The molecule has 0 unspecified atom stereocenters. The van der Waals surface area contributed by atoms with Crippen molar-refractivity contribution in [3.63, 3.8) is 0 Å². The summed E-state index contributed by atoms with van der Waals surface area (Å²) in [4.78, 5) is 9.04. The standard InChI is InChI=1S/C31H42N2O/c1-3-5-7-9-11-13-26-15-17-28(18-16-26)25-34-30-23-32-31(33-24-30)29-21-19-27(20-22-29)14-12-10-8-6-4-2/h15-24H,3-14,25H2,1-2H3. The number of hydrogen-bond donors (Lipinski definition) is 0. The minimum Gasteiger partial charge on any atom is -0.486 e. The van der Waals surface area contributed by atoms with Gasteiger partial charge in [0, 0.05) is 5.56 Å². The van der Waals surface area contributed by atoms with Gasteiger partial charge in [0.15, 0.2) is 11.6 Å². The molecule has 1 heterocycles. The van der Waals surface area contributed by atoms with Gasteiger partial charge in [0.25, 0.3) is 0 Å². The Morgan fingerprint density at radius 3 is 1.56 bits per heavy atom. The molecule has 0 N–H and O–H groups in total. The topological polar surface area (TPSA) is 35.0 Å². The number of aromatic nitrogens is 2. The van der Waals surface area contributed by atoms with E-state index in [1.54, 1.807) is 12.4 Å². The number of aryl methyl sites for hydroxylation is 2. The number of nitrogens with zero attached hydrogens (tertiary/aromatic N) is 2. The van der Waals surface area contributed by atoms with Crippen LogP contribution in [0.15, 0.2) is 60.9 Å². The fraction of sp³-hybridized carbons (Fsp3) is 0.484. The van der Waals surface area contributed by atoms with Crippen molar-refractivity contribution >= 4 is 0 Å². The molecule has 0 fully saturated rings. The molecule has 3 nitrogen and oxygen atoms in total. The first-order valence-corrected chi connectivity index (χ1v) is 13.4. The van der Waals surface area contributed by atoms with Gasteiger partial charge in [-0.25, -0.2) is 9.97 Å². The van der Waals surface area contributed by atoms with Crippen LogP contribution in [0.1, 0.15) is 94.7 Å². The molecular weight excluding hydrogens is 416 g/mol. The Morgan fingerprint density at radius 2 is 1.03 bits per heavy atom. The van der Waals surface area contributed by atoms with E-state index < -0.39 is 0 Å². The van der Waals surface area contributed by atoms with Crippen LogP contribution in [0.4, 0.5) is 0 Å². The average molecular weight is 459 g/mol. The zero-order chi connectivity index (χ0) is 23.8. The van der Waals surface area contributed by atoms with E-state index in [4.69, 9.17) is 4.74 Å². The first-order valence-electron chi connectivity index (χ1n) is 13.4. The van der Waals surface area contributed by atoms with E-state index in [9.17, 15) is 0 Å². The van der Waals surface area contributed by atoms with Crippen LogP contribution in [0.25, 0.3) is 11.4 Å². The maximum absolute atomic E-state index is 5.91. The highest BCUT2D eigenvalue weighted by atomic mass is 16.5. The summed E-state index contributed by atoms with van der Waals surface area (Å²) in [7, 11) is 0. The van der Waals surface area contributed by atoms with Crippen LogP contribution in [0, 0.1) is 0 Å². The summed E-state index contributed by atoms with van der Waals surface area (Å²) in [5.41, 5.74) is 5.02. The molecule has 182 valence electrons. The summed E-state index contributed by atoms with van der Waals surface area (Å²) in [6.07, 6.45) is 19.1. The van der Waals surface area contributed by atoms with Crippen LogP contribution < -0.4 is 4.74 Å². The van der Waals surface area contributed by atoms with E-state index in [-0.39, 0.29) is 0 Å². The molecule has 3 aromatic rings. The molecule has 0 saturated carbocycles. The van der Waals surface area contributed by atoms with Crippen molar-refractivity contribution in [2.24, 2.45) is 0 Å². The lowest BCUT2D eigenvalue weighted by atomic mass is 10.0. The summed E-state index contributed by atoms with van der Waals surface area (Å²) >= 11 is 0. The van der Waals surface area contributed by atoms with E-state index in [0.717, 1.165) is 17.8 Å². The molecule has 0 aliphatic heterocycles. The highest BCUT2D eigenvalue weighted by molar-refractivity contribution is 5.55. The van der Waals surface area contributed by atoms with E-state index in [2.05, 4.69) is 72.3 Å². The van der Waals surface area contributed by atoms with Gasteiger partial charge in [-0.15, -0.1) is 0 Å². The SMILES string of the molecule is CCCCCCCc1ccc(COc2cnc(-c3ccc(CCCCCCC)cc3)nc2)cc1. The predicted molar refractivity (Wildman–Crippen MR) is 143 cm³/mol. The van der Waals surface area contributed by atoms with Crippen molar-refractivity contribution in [2.75, 3.05) is 0 Å². The second-order valence-corrected chi connectivity index (χ2v) is 9.37. The van der Waals surface area contributed by atoms with Gasteiger partial charge in [-0.2, -0.15) is 0 Å². The average Bonchev–Trinajstić information content (AvgIpc) is 2.89. The molecule has 0 spiro atoms. The van der Waals surface area contributed by atoms with Crippen LogP contribution in [0.2, 0.25) is 0 Å². The molecular formula is C31H42N2O. The molecule has 2 aromatic carbocycles. The van der Waals surface area contributed by atoms with Crippen LogP contribution in [-0.2, 0) is 19.4 Å². The summed E-state index contributed by atoms with van der Waals surface area (Å²) in [6.45, 7) is 5.05. The number of rotatable bonds is 16. The monoisotopic (exact) mass is 458 g/mol. The maximum atomic E-state index is 5.91. The highest BCUT2D eigenvalue weighted by Gasteiger charge is 2.04. The van der Waals surface area contributed by atoms with Gasteiger partial charge in [-0.05, 0) is 42.4 Å². The van der Waals surface area contributed by atoms with Crippen molar-refractivity contribution < 1.29 is 4.74 Å². The summed E-state index contributed by atoms with van der Waals surface area (Å²) in [5, 5.41) is 0. The van der Waals surface area contributed by atoms with Gasteiger partial charge in [0.2, 0.25) is 0 Å². The normalized spacial score (nSPS) is 11.0.